The summed E-state index contributed by atoms with van der Waals surface area (Å²) in [7, 11) is 0. The van der Waals surface area contributed by atoms with Crippen molar-refractivity contribution in [1.82, 2.24) is 5.32 Å². The molecule has 1 atom stereocenters. The Morgan fingerprint density at radius 3 is 2.42 bits per heavy atom. The molecule has 1 aromatic carbocycles. The number of nitrogens with one attached hydrogen (secondary N) is 1. The summed E-state index contributed by atoms with van der Waals surface area (Å²) in [5.74, 6) is -1.32. The molecular formula is C15H21NO3. The van der Waals surface area contributed by atoms with Crippen LogP contribution in [-0.4, -0.2) is 23.5 Å². The van der Waals surface area contributed by atoms with Crippen LogP contribution in [0.4, 0.5) is 0 Å². The molecule has 0 aliphatic carbocycles. The maximum atomic E-state index is 12.0. The summed E-state index contributed by atoms with van der Waals surface area (Å²) in [5, 5.41) is 11.8. The van der Waals surface area contributed by atoms with E-state index in [1.807, 2.05) is 32.9 Å². The van der Waals surface area contributed by atoms with Crippen molar-refractivity contribution < 1.29 is 14.7 Å². The third-order valence-corrected chi connectivity index (χ3v) is 3.00. The normalized spacial score (nSPS) is 12.2. The van der Waals surface area contributed by atoms with Crippen LogP contribution in [0.15, 0.2) is 24.3 Å². The van der Waals surface area contributed by atoms with Crippen molar-refractivity contribution in [3.8, 4) is 0 Å². The maximum absolute atomic E-state index is 12.0. The fourth-order valence-electron chi connectivity index (χ4n) is 1.98. The summed E-state index contributed by atoms with van der Waals surface area (Å²) in [6, 6.07) is 7.26. The monoisotopic (exact) mass is 263 g/mol. The van der Waals surface area contributed by atoms with Crippen LogP contribution >= 0.6 is 0 Å². The van der Waals surface area contributed by atoms with Crippen LogP contribution in [0.3, 0.4) is 0 Å². The molecule has 0 saturated heterocycles. The number of benzene rings is 1. The van der Waals surface area contributed by atoms with Gasteiger partial charge in [-0.15, -0.1) is 0 Å². The summed E-state index contributed by atoms with van der Waals surface area (Å²) in [6.45, 7) is 5.97. The number of hydrogen-bond donors (Lipinski definition) is 2. The quantitative estimate of drug-likeness (QED) is 0.828. The lowest BCUT2D eigenvalue weighted by molar-refractivity contribution is -0.142. The van der Waals surface area contributed by atoms with Gasteiger partial charge in [-0.05, 0) is 30.9 Å². The molecule has 0 radical (unpaired) electrons. The van der Waals surface area contributed by atoms with Crippen molar-refractivity contribution in [2.24, 2.45) is 11.8 Å². The Morgan fingerprint density at radius 2 is 1.89 bits per heavy atom. The van der Waals surface area contributed by atoms with E-state index in [1.165, 1.54) is 0 Å². The van der Waals surface area contributed by atoms with E-state index >= 15 is 0 Å². The van der Waals surface area contributed by atoms with Gasteiger partial charge in [0, 0.05) is 12.1 Å². The van der Waals surface area contributed by atoms with Crippen molar-refractivity contribution in [1.29, 1.82) is 0 Å². The second-order valence-electron chi connectivity index (χ2n) is 5.19. The first-order valence-electron chi connectivity index (χ1n) is 6.48. The van der Waals surface area contributed by atoms with Crippen LogP contribution in [-0.2, 0) is 4.79 Å². The maximum Gasteiger partial charge on any atom is 0.308 e. The average molecular weight is 263 g/mol. The molecule has 0 heterocycles. The molecule has 0 fully saturated rings. The van der Waals surface area contributed by atoms with Crippen molar-refractivity contribution in [2.45, 2.75) is 27.2 Å². The van der Waals surface area contributed by atoms with Gasteiger partial charge < -0.3 is 10.4 Å². The highest BCUT2D eigenvalue weighted by Gasteiger charge is 2.20. The number of rotatable bonds is 6. The fraction of sp³-hybridized carbons (Fsp3) is 0.467. The molecule has 0 aliphatic heterocycles. The minimum atomic E-state index is -0.862. The van der Waals surface area contributed by atoms with E-state index in [9.17, 15) is 9.59 Å². The molecule has 0 saturated carbocycles. The zero-order valence-corrected chi connectivity index (χ0v) is 11.6. The Morgan fingerprint density at radius 1 is 1.26 bits per heavy atom. The van der Waals surface area contributed by atoms with E-state index in [1.54, 1.807) is 12.1 Å². The van der Waals surface area contributed by atoms with Crippen molar-refractivity contribution in [2.75, 3.05) is 6.54 Å². The van der Waals surface area contributed by atoms with Crippen molar-refractivity contribution >= 4 is 11.9 Å². The van der Waals surface area contributed by atoms with Gasteiger partial charge in [0.15, 0.2) is 0 Å². The summed E-state index contributed by atoms with van der Waals surface area (Å²) < 4.78 is 0. The predicted molar refractivity (Wildman–Crippen MR) is 74.1 cm³/mol. The Hall–Kier alpha value is -1.84. The van der Waals surface area contributed by atoms with Gasteiger partial charge in [-0.3, -0.25) is 9.59 Å². The highest BCUT2D eigenvalue weighted by molar-refractivity contribution is 5.95. The zero-order valence-electron chi connectivity index (χ0n) is 11.6. The molecule has 4 nitrogen and oxygen atoms in total. The fourth-order valence-corrected chi connectivity index (χ4v) is 1.98. The third kappa shape index (κ3) is 4.73. The number of carbonyl (C=O) groups is 2. The van der Waals surface area contributed by atoms with Gasteiger partial charge in [0.2, 0.25) is 0 Å². The van der Waals surface area contributed by atoms with Crippen LogP contribution in [0.5, 0.6) is 0 Å². The first-order chi connectivity index (χ1) is 8.91. The van der Waals surface area contributed by atoms with Crippen LogP contribution in [0.1, 0.15) is 36.2 Å². The Kier molecular flexibility index (Phi) is 5.55. The summed E-state index contributed by atoms with van der Waals surface area (Å²) in [4.78, 5) is 23.1. The number of amides is 1. The van der Waals surface area contributed by atoms with Gasteiger partial charge in [-0.25, -0.2) is 0 Å². The zero-order chi connectivity index (χ0) is 14.4. The minimum absolute atomic E-state index is 0.167. The molecule has 1 unspecified atom stereocenters. The number of hydrogen-bond acceptors (Lipinski definition) is 2. The Labute approximate surface area is 113 Å². The number of aryl methyl sites for hydroxylation is 1. The first-order valence-corrected chi connectivity index (χ1v) is 6.48. The van der Waals surface area contributed by atoms with Gasteiger partial charge in [0.25, 0.3) is 5.91 Å². The second-order valence-corrected chi connectivity index (χ2v) is 5.19. The first kappa shape index (κ1) is 15.2. The molecule has 4 heteroatoms. The van der Waals surface area contributed by atoms with Gasteiger partial charge in [0.1, 0.15) is 0 Å². The smallest absolute Gasteiger partial charge is 0.308 e. The number of carboxylic acids is 1. The number of carboxylic acid groups (broad SMARTS) is 1. The van der Waals surface area contributed by atoms with Crippen LogP contribution in [0.2, 0.25) is 0 Å². The lowest BCUT2D eigenvalue weighted by atomic mass is 9.97. The molecule has 0 aromatic heterocycles. The van der Waals surface area contributed by atoms with Gasteiger partial charge in [0.05, 0.1) is 5.92 Å². The van der Waals surface area contributed by atoms with Crippen molar-refractivity contribution in [3.63, 3.8) is 0 Å². The molecule has 0 aliphatic rings. The predicted octanol–water partition coefficient (Wildman–Crippen LogP) is 2.47. The van der Waals surface area contributed by atoms with E-state index in [2.05, 4.69) is 5.32 Å². The Balaban J connectivity index is 2.62. The number of carbonyl (C=O) groups excluding carboxylic acids is 1. The lowest BCUT2D eigenvalue weighted by Crippen LogP contribution is -2.34. The number of aliphatic carboxylic acids is 1. The van der Waals surface area contributed by atoms with Crippen molar-refractivity contribution in [3.05, 3.63) is 35.4 Å². The van der Waals surface area contributed by atoms with E-state index < -0.39 is 11.9 Å². The van der Waals surface area contributed by atoms with E-state index in [0.717, 1.165) is 5.56 Å². The minimum Gasteiger partial charge on any atom is -0.481 e. The van der Waals surface area contributed by atoms with Crippen LogP contribution in [0.25, 0.3) is 0 Å². The molecule has 0 spiro atoms. The molecule has 19 heavy (non-hydrogen) atoms. The largest absolute Gasteiger partial charge is 0.481 e. The molecule has 1 aromatic rings. The molecule has 104 valence electrons. The molecule has 0 bridgehead atoms. The standard InChI is InChI=1S/C15H21NO3/c1-10(2)8-12(15(18)19)9-16-14(17)13-7-5-4-6-11(13)3/h4-7,10,12H,8-9H2,1-3H3,(H,16,17)(H,18,19). The highest BCUT2D eigenvalue weighted by Crippen LogP contribution is 2.12. The van der Waals surface area contributed by atoms with Gasteiger partial charge in [-0.1, -0.05) is 32.0 Å². The molecule has 2 N–H and O–H groups in total. The van der Waals surface area contributed by atoms with Gasteiger partial charge in [-0.2, -0.15) is 0 Å². The van der Waals surface area contributed by atoms with E-state index in [0.29, 0.717) is 12.0 Å². The summed E-state index contributed by atoms with van der Waals surface area (Å²) >= 11 is 0. The molecular weight excluding hydrogens is 242 g/mol. The SMILES string of the molecule is Cc1ccccc1C(=O)NCC(CC(C)C)C(=O)O. The third-order valence-electron chi connectivity index (χ3n) is 3.00. The van der Waals surface area contributed by atoms with Crippen LogP contribution in [0, 0.1) is 18.8 Å². The highest BCUT2D eigenvalue weighted by atomic mass is 16.4. The van der Waals surface area contributed by atoms with E-state index in [-0.39, 0.29) is 18.4 Å². The lowest BCUT2D eigenvalue weighted by Gasteiger charge is -2.15. The van der Waals surface area contributed by atoms with Gasteiger partial charge >= 0.3 is 5.97 Å². The summed E-state index contributed by atoms with van der Waals surface area (Å²) in [6.07, 6.45) is 0.559. The summed E-state index contributed by atoms with van der Waals surface area (Å²) in [5.41, 5.74) is 1.48. The Bertz CT molecular complexity index is 454. The van der Waals surface area contributed by atoms with E-state index in [4.69, 9.17) is 5.11 Å². The van der Waals surface area contributed by atoms with Crippen LogP contribution < -0.4 is 5.32 Å². The topological polar surface area (TPSA) is 66.4 Å². The average Bonchev–Trinajstić information content (AvgIpc) is 2.34. The molecule has 1 amide bonds. The molecule has 1 rings (SSSR count). The second kappa shape index (κ2) is 6.92.